The first kappa shape index (κ1) is 19.7. The van der Waals surface area contributed by atoms with Gasteiger partial charge in [-0.25, -0.2) is 4.98 Å². The van der Waals surface area contributed by atoms with Crippen LogP contribution >= 0.6 is 11.3 Å². The molecule has 0 radical (unpaired) electrons. The Balaban J connectivity index is 1.57. The Kier molecular flexibility index (Phi) is 5.49. The zero-order chi connectivity index (χ0) is 21.1. The maximum Gasteiger partial charge on any atom is 0.271 e. The third-order valence-corrected chi connectivity index (χ3v) is 5.57. The fourth-order valence-electron chi connectivity index (χ4n) is 3.09. The van der Waals surface area contributed by atoms with Crippen molar-refractivity contribution in [1.29, 1.82) is 0 Å². The summed E-state index contributed by atoms with van der Waals surface area (Å²) >= 11 is 1.32. The van der Waals surface area contributed by atoms with E-state index < -0.39 is 0 Å². The minimum atomic E-state index is -0.321. The lowest BCUT2D eigenvalue weighted by Crippen LogP contribution is -2.27. The maximum atomic E-state index is 12.9. The zero-order valence-corrected chi connectivity index (χ0v) is 17.2. The number of fused-ring (bicyclic) bond motifs is 1. The largest absolute Gasteiger partial charge is 0.497 e. The molecule has 0 atom stereocenters. The summed E-state index contributed by atoms with van der Waals surface area (Å²) in [7, 11) is 3.17. The second kappa shape index (κ2) is 8.38. The van der Waals surface area contributed by atoms with Crippen molar-refractivity contribution < 1.29 is 14.3 Å². The molecule has 1 N–H and O–H groups in total. The molecule has 0 aliphatic carbocycles. The van der Waals surface area contributed by atoms with Gasteiger partial charge in [-0.1, -0.05) is 18.2 Å². The van der Waals surface area contributed by atoms with E-state index in [2.05, 4.69) is 10.3 Å². The van der Waals surface area contributed by atoms with Crippen LogP contribution in [0.25, 0.3) is 21.3 Å². The highest BCUT2D eigenvalue weighted by molar-refractivity contribution is 7.17. The third-order valence-electron chi connectivity index (χ3n) is 4.61. The molecule has 30 heavy (non-hydrogen) atoms. The molecule has 2 heterocycles. The van der Waals surface area contributed by atoms with Crippen molar-refractivity contribution in [2.45, 2.75) is 6.54 Å². The number of benzene rings is 2. The summed E-state index contributed by atoms with van der Waals surface area (Å²) in [4.78, 5) is 29.7. The van der Waals surface area contributed by atoms with Crippen LogP contribution in [0.5, 0.6) is 11.5 Å². The number of carbonyl (C=O) groups excluding carboxylic acids is 1. The first-order valence-corrected chi connectivity index (χ1v) is 10.0. The van der Waals surface area contributed by atoms with Gasteiger partial charge < -0.3 is 14.8 Å². The highest BCUT2D eigenvalue weighted by atomic mass is 32.1. The Morgan fingerprint density at radius 2 is 1.87 bits per heavy atom. The summed E-state index contributed by atoms with van der Waals surface area (Å²) in [5.74, 6) is 1.08. The van der Waals surface area contributed by atoms with Crippen LogP contribution in [0, 0.1) is 0 Å². The van der Waals surface area contributed by atoms with Crippen LogP contribution in [0.3, 0.4) is 0 Å². The number of methoxy groups -OCH3 is 2. The van der Waals surface area contributed by atoms with Crippen molar-refractivity contribution in [3.05, 3.63) is 70.6 Å². The summed E-state index contributed by atoms with van der Waals surface area (Å²) < 4.78 is 12.2. The quantitative estimate of drug-likeness (QED) is 0.512. The number of nitrogens with zero attached hydrogens (tertiary/aromatic N) is 2. The Labute approximate surface area is 176 Å². The molecule has 1 amide bonds. The molecule has 0 aliphatic rings. The molecular formula is C22H19N3O4S. The lowest BCUT2D eigenvalue weighted by atomic mass is 10.1. The van der Waals surface area contributed by atoms with Crippen molar-refractivity contribution in [2.24, 2.45) is 0 Å². The number of hydrogen-bond donors (Lipinski definition) is 1. The molecule has 4 rings (SSSR count). The smallest absolute Gasteiger partial charge is 0.271 e. The van der Waals surface area contributed by atoms with Crippen molar-refractivity contribution in [1.82, 2.24) is 9.55 Å². The summed E-state index contributed by atoms with van der Waals surface area (Å²) in [6.07, 6.45) is 1.41. The molecule has 4 aromatic rings. The number of carbonyl (C=O) groups is 1. The van der Waals surface area contributed by atoms with E-state index in [1.54, 1.807) is 38.5 Å². The van der Waals surface area contributed by atoms with Gasteiger partial charge in [0.2, 0.25) is 5.91 Å². The lowest BCUT2D eigenvalue weighted by molar-refractivity contribution is -0.116. The van der Waals surface area contributed by atoms with E-state index in [9.17, 15) is 9.59 Å². The van der Waals surface area contributed by atoms with Gasteiger partial charge in [-0.2, -0.15) is 0 Å². The fourth-order valence-corrected chi connectivity index (χ4v) is 4.06. The van der Waals surface area contributed by atoms with E-state index in [4.69, 9.17) is 9.47 Å². The molecule has 0 fully saturated rings. The Morgan fingerprint density at radius 3 is 2.60 bits per heavy atom. The van der Waals surface area contributed by atoms with Crippen LogP contribution in [0.15, 0.2) is 65.0 Å². The molecule has 152 valence electrons. The van der Waals surface area contributed by atoms with Gasteiger partial charge in [-0.3, -0.25) is 14.2 Å². The number of anilines is 1. The van der Waals surface area contributed by atoms with E-state index in [1.807, 2.05) is 29.6 Å². The molecule has 7 nitrogen and oxygen atoms in total. The number of aromatic nitrogens is 2. The summed E-state index contributed by atoms with van der Waals surface area (Å²) in [6.45, 7) is -0.130. The van der Waals surface area contributed by atoms with Gasteiger partial charge in [0.05, 0.1) is 26.1 Å². The van der Waals surface area contributed by atoms with Gasteiger partial charge in [0.1, 0.15) is 22.7 Å². The van der Waals surface area contributed by atoms with Crippen LogP contribution in [0.4, 0.5) is 5.69 Å². The van der Waals surface area contributed by atoms with Gasteiger partial charge in [-0.05, 0) is 29.8 Å². The zero-order valence-electron chi connectivity index (χ0n) is 16.4. The van der Waals surface area contributed by atoms with Crippen LogP contribution < -0.4 is 20.3 Å². The first-order chi connectivity index (χ1) is 14.6. The third kappa shape index (κ3) is 3.90. The van der Waals surface area contributed by atoms with Crippen LogP contribution in [0.2, 0.25) is 0 Å². The summed E-state index contributed by atoms with van der Waals surface area (Å²) in [5, 5.41) is 4.67. The normalized spacial score (nSPS) is 10.7. The SMILES string of the molecule is COc1ccc(-c2csc3c(=O)n(CC(=O)Nc4cccc(OC)c4)cnc23)cc1. The van der Waals surface area contributed by atoms with Gasteiger partial charge in [0, 0.05) is 22.7 Å². The molecule has 0 spiro atoms. The van der Waals surface area contributed by atoms with Crippen molar-refractivity contribution in [3.63, 3.8) is 0 Å². The molecule has 8 heteroatoms. The number of amides is 1. The predicted molar refractivity (Wildman–Crippen MR) is 117 cm³/mol. The van der Waals surface area contributed by atoms with Crippen LogP contribution in [-0.2, 0) is 11.3 Å². The fraction of sp³-hybridized carbons (Fsp3) is 0.136. The number of hydrogen-bond acceptors (Lipinski definition) is 6. The van der Waals surface area contributed by atoms with Gasteiger partial charge >= 0.3 is 0 Å². The van der Waals surface area contributed by atoms with Gasteiger partial charge in [0.15, 0.2) is 0 Å². The Morgan fingerprint density at radius 1 is 1.10 bits per heavy atom. The van der Waals surface area contributed by atoms with Crippen molar-refractivity contribution >= 4 is 33.1 Å². The topological polar surface area (TPSA) is 82.5 Å². The molecule has 0 saturated carbocycles. The standard InChI is InChI=1S/C22H19N3O4S/c1-28-16-8-6-14(7-9-16)18-12-30-21-20(18)23-13-25(22(21)27)11-19(26)24-15-4-3-5-17(10-15)29-2/h3-10,12-13H,11H2,1-2H3,(H,24,26). The van der Waals surface area contributed by atoms with E-state index in [1.165, 1.54) is 22.2 Å². The monoisotopic (exact) mass is 421 g/mol. The molecular weight excluding hydrogens is 402 g/mol. The molecule has 2 aromatic heterocycles. The van der Waals surface area contributed by atoms with Crippen molar-refractivity contribution in [2.75, 3.05) is 19.5 Å². The number of thiophene rings is 1. The van der Waals surface area contributed by atoms with E-state index >= 15 is 0 Å². The first-order valence-electron chi connectivity index (χ1n) is 9.14. The van der Waals surface area contributed by atoms with E-state index in [-0.39, 0.29) is 18.0 Å². The molecule has 0 saturated heterocycles. The number of ether oxygens (including phenoxy) is 2. The number of rotatable bonds is 6. The highest BCUT2D eigenvalue weighted by Crippen LogP contribution is 2.31. The minimum absolute atomic E-state index is 0.130. The summed E-state index contributed by atoms with van der Waals surface area (Å²) in [6, 6.07) is 14.6. The molecule has 0 unspecified atom stereocenters. The summed E-state index contributed by atoms with van der Waals surface area (Å²) in [5.41, 5.74) is 2.80. The second-order valence-corrected chi connectivity index (χ2v) is 7.39. The number of nitrogens with one attached hydrogen (secondary N) is 1. The van der Waals surface area contributed by atoms with E-state index in [0.717, 1.165) is 16.9 Å². The molecule has 2 aromatic carbocycles. The average Bonchev–Trinajstić information content (AvgIpc) is 3.21. The lowest BCUT2D eigenvalue weighted by Gasteiger charge is -2.08. The Bertz CT molecular complexity index is 1260. The van der Waals surface area contributed by atoms with Crippen LogP contribution in [-0.4, -0.2) is 29.7 Å². The predicted octanol–water partition coefficient (Wildman–Crippen LogP) is 3.78. The second-order valence-electron chi connectivity index (χ2n) is 6.51. The average molecular weight is 421 g/mol. The highest BCUT2D eigenvalue weighted by Gasteiger charge is 2.14. The molecule has 0 aliphatic heterocycles. The van der Waals surface area contributed by atoms with Gasteiger partial charge in [0.25, 0.3) is 5.56 Å². The Hall–Kier alpha value is -3.65. The van der Waals surface area contributed by atoms with E-state index in [0.29, 0.717) is 21.7 Å². The molecule has 0 bridgehead atoms. The van der Waals surface area contributed by atoms with Gasteiger partial charge in [-0.15, -0.1) is 11.3 Å². The van der Waals surface area contributed by atoms with Crippen LogP contribution in [0.1, 0.15) is 0 Å². The minimum Gasteiger partial charge on any atom is -0.497 e. The maximum absolute atomic E-state index is 12.9. The van der Waals surface area contributed by atoms with Crippen molar-refractivity contribution in [3.8, 4) is 22.6 Å².